The predicted molar refractivity (Wildman–Crippen MR) is 74.0 cm³/mol. The van der Waals surface area contributed by atoms with E-state index in [1.165, 1.54) is 5.56 Å². The third-order valence-electron chi connectivity index (χ3n) is 3.66. The minimum Gasteiger partial charge on any atom is -0.354 e. The monoisotopic (exact) mass is 282 g/mol. The van der Waals surface area contributed by atoms with Crippen molar-refractivity contribution in [3.63, 3.8) is 0 Å². The average molecular weight is 282 g/mol. The van der Waals surface area contributed by atoms with Crippen LogP contribution in [0.1, 0.15) is 30.4 Å². The number of carbonyl (C=O) groups is 1. The Labute approximate surface area is 117 Å². The zero-order valence-corrected chi connectivity index (χ0v) is 11.7. The van der Waals surface area contributed by atoms with Gasteiger partial charge in [0, 0.05) is 13.0 Å². The molecule has 0 radical (unpaired) electrons. The van der Waals surface area contributed by atoms with E-state index in [1.807, 2.05) is 38.1 Å². The first kappa shape index (κ1) is 14.9. The summed E-state index contributed by atoms with van der Waals surface area (Å²) in [5.74, 6) is -2.97. The van der Waals surface area contributed by atoms with Crippen molar-refractivity contribution >= 4 is 5.91 Å². The highest BCUT2D eigenvalue weighted by atomic mass is 19.3. The number of rotatable bonds is 4. The van der Waals surface area contributed by atoms with Crippen molar-refractivity contribution in [1.82, 2.24) is 10.6 Å². The van der Waals surface area contributed by atoms with Crippen LogP contribution in [0.2, 0.25) is 0 Å². The van der Waals surface area contributed by atoms with E-state index in [9.17, 15) is 13.6 Å². The fourth-order valence-corrected chi connectivity index (χ4v) is 2.29. The van der Waals surface area contributed by atoms with E-state index in [1.54, 1.807) is 0 Å². The lowest BCUT2D eigenvalue weighted by Gasteiger charge is -2.16. The molecule has 20 heavy (non-hydrogen) atoms. The van der Waals surface area contributed by atoms with E-state index >= 15 is 0 Å². The summed E-state index contributed by atoms with van der Waals surface area (Å²) in [5, 5.41) is 5.30. The molecule has 1 aliphatic rings. The van der Waals surface area contributed by atoms with Crippen LogP contribution in [0.3, 0.4) is 0 Å². The van der Waals surface area contributed by atoms with Gasteiger partial charge in [0.25, 0.3) is 5.92 Å². The van der Waals surface area contributed by atoms with Gasteiger partial charge in [0.2, 0.25) is 5.91 Å². The van der Waals surface area contributed by atoms with Crippen LogP contribution in [0.4, 0.5) is 8.78 Å². The molecule has 110 valence electrons. The van der Waals surface area contributed by atoms with Gasteiger partial charge >= 0.3 is 0 Å². The summed E-state index contributed by atoms with van der Waals surface area (Å²) in [6, 6.07) is 7.30. The molecule has 1 amide bonds. The quantitative estimate of drug-likeness (QED) is 0.889. The molecule has 2 N–H and O–H groups in total. The van der Waals surface area contributed by atoms with E-state index in [4.69, 9.17) is 0 Å². The van der Waals surface area contributed by atoms with E-state index in [2.05, 4.69) is 10.6 Å². The molecular weight excluding hydrogens is 262 g/mol. The maximum atomic E-state index is 13.0. The first-order chi connectivity index (χ1) is 9.37. The second kappa shape index (κ2) is 5.87. The summed E-state index contributed by atoms with van der Waals surface area (Å²) in [5.41, 5.74) is 2.31. The summed E-state index contributed by atoms with van der Waals surface area (Å²) in [6.45, 7) is 4.05. The Balaban J connectivity index is 1.83. The summed E-state index contributed by atoms with van der Waals surface area (Å²) in [7, 11) is 0. The Kier molecular flexibility index (Phi) is 4.38. The summed E-state index contributed by atoms with van der Waals surface area (Å²) < 4.78 is 26.0. The fourth-order valence-electron chi connectivity index (χ4n) is 2.29. The summed E-state index contributed by atoms with van der Waals surface area (Å²) in [4.78, 5) is 11.8. The van der Waals surface area contributed by atoms with E-state index in [0.29, 0.717) is 6.54 Å². The van der Waals surface area contributed by atoms with Gasteiger partial charge in [-0.1, -0.05) is 36.8 Å². The van der Waals surface area contributed by atoms with Gasteiger partial charge in [0.1, 0.15) is 0 Å². The predicted octanol–water partition coefficient (Wildman–Crippen LogP) is 2.21. The Morgan fingerprint density at radius 3 is 2.65 bits per heavy atom. The number of carbonyl (C=O) groups excluding carboxylic acids is 1. The lowest BCUT2D eigenvalue weighted by Crippen LogP contribution is -2.41. The minimum absolute atomic E-state index is 0.154. The van der Waals surface area contributed by atoms with Crippen molar-refractivity contribution in [2.24, 2.45) is 0 Å². The Bertz CT molecular complexity index is 473. The van der Waals surface area contributed by atoms with Gasteiger partial charge in [0.05, 0.1) is 12.6 Å². The molecule has 1 aromatic rings. The van der Waals surface area contributed by atoms with Crippen LogP contribution in [0.15, 0.2) is 24.3 Å². The highest BCUT2D eigenvalue weighted by Crippen LogP contribution is 2.25. The second-order valence-corrected chi connectivity index (χ2v) is 5.55. The van der Waals surface area contributed by atoms with Crippen molar-refractivity contribution in [1.29, 1.82) is 0 Å². The molecule has 3 nitrogen and oxygen atoms in total. The number of aryl methyl sites for hydroxylation is 1. The van der Waals surface area contributed by atoms with Gasteiger partial charge in [-0.15, -0.1) is 0 Å². The molecule has 1 heterocycles. The second-order valence-electron chi connectivity index (χ2n) is 5.55. The van der Waals surface area contributed by atoms with Crippen molar-refractivity contribution in [2.75, 3.05) is 13.1 Å². The highest BCUT2D eigenvalue weighted by Gasteiger charge is 2.42. The van der Waals surface area contributed by atoms with Crippen molar-refractivity contribution in [2.45, 2.75) is 38.2 Å². The number of alkyl halides is 2. The molecule has 1 aromatic carbocycles. The van der Waals surface area contributed by atoms with Gasteiger partial charge in [-0.05, 0) is 18.4 Å². The van der Waals surface area contributed by atoms with Crippen LogP contribution in [-0.4, -0.2) is 31.0 Å². The van der Waals surface area contributed by atoms with Crippen LogP contribution in [-0.2, 0) is 4.79 Å². The molecule has 2 atom stereocenters. The third-order valence-corrected chi connectivity index (χ3v) is 3.66. The zero-order valence-electron chi connectivity index (χ0n) is 11.7. The maximum Gasteiger partial charge on any atom is 0.262 e. The van der Waals surface area contributed by atoms with E-state index in [0.717, 1.165) is 5.56 Å². The standard InChI is InChI=1S/C15H20F2N2O/c1-10-3-5-12(6-4-10)11(2)8-18-14(20)13-7-15(16,17)9-19-13/h3-6,11,13,19H,7-9H2,1-2H3,(H,18,20). The number of amides is 1. The summed E-state index contributed by atoms with van der Waals surface area (Å²) in [6.07, 6.45) is -0.419. The molecule has 0 spiro atoms. The van der Waals surface area contributed by atoms with Crippen LogP contribution in [0.25, 0.3) is 0 Å². The van der Waals surface area contributed by atoms with Gasteiger partial charge in [-0.2, -0.15) is 0 Å². The van der Waals surface area contributed by atoms with Gasteiger partial charge < -0.3 is 5.32 Å². The average Bonchev–Trinajstić information content (AvgIpc) is 2.77. The first-order valence-corrected chi connectivity index (χ1v) is 6.83. The first-order valence-electron chi connectivity index (χ1n) is 6.83. The molecule has 1 fully saturated rings. The number of hydrogen-bond acceptors (Lipinski definition) is 2. The van der Waals surface area contributed by atoms with Crippen LogP contribution in [0, 0.1) is 6.92 Å². The van der Waals surface area contributed by atoms with E-state index < -0.39 is 24.9 Å². The third kappa shape index (κ3) is 3.76. The van der Waals surface area contributed by atoms with Crippen molar-refractivity contribution in [3.05, 3.63) is 35.4 Å². The Morgan fingerprint density at radius 1 is 1.45 bits per heavy atom. The van der Waals surface area contributed by atoms with Gasteiger partial charge in [-0.3, -0.25) is 10.1 Å². The molecule has 0 bridgehead atoms. The lowest BCUT2D eigenvalue weighted by atomic mass is 10.00. The normalized spacial score (nSPS) is 22.5. The molecule has 0 aliphatic carbocycles. The molecule has 1 aliphatic heterocycles. The number of hydrogen-bond donors (Lipinski definition) is 2. The highest BCUT2D eigenvalue weighted by molar-refractivity contribution is 5.82. The van der Waals surface area contributed by atoms with Gasteiger partial charge in [0.15, 0.2) is 0 Å². The zero-order chi connectivity index (χ0) is 14.8. The minimum atomic E-state index is -2.77. The number of halogens is 2. The van der Waals surface area contributed by atoms with Crippen molar-refractivity contribution < 1.29 is 13.6 Å². The molecule has 0 saturated carbocycles. The maximum absolute atomic E-state index is 13.0. The largest absolute Gasteiger partial charge is 0.354 e. The van der Waals surface area contributed by atoms with Crippen LogP contribution in [0.5, 0.6) is 0 Å². The molecule has 5 heteroatoms. The molecule has 1 saturated heterocycles. The summed E-state index contributed by atoms with van der Waals surface area (Å²) >= 11 is 0. The molecule has 2 unspecified atom stereocenters. The topological polar surface area (TPSA) is 41.1 Å². The SMILES string of the molecule is Cc1ccc(C(C)CNC(=O)C2CC(F)(F)CN2)cc1. The smallest absolute Gasteiger partial charge is 0.262 e. The van der Waals surface area contributed by atoms with Gasteiger partial charge in [-0.25, -0.2) is 8.78 Å². The Hall–Kier alpha value is -1.49. The molecule has 2 rings (SSSR count). The molecular formula is C15H20F2N2O. The fraction of sp³-hybridized carbons (Fsp3) is 0.533. The lowest BCUT2D eigenvalue weighted by molar-refractivity contribution is -0.123. The van der Waals surface area contributed by atoms with E-state index in [-0.39, 0.29) is 11.8 Å². The number of benzene rings is 1. The van der Waals surface area contributed by atoms with Crippen LogP contribution >= 0.6 is 0 Å². The van der Waals surface area contributed by atoms with Crippen molar-refractivity contribution in [3.8, 4) is 0 Å². The van der Waals surface area contributed by atoms with Crippen LogP contribution < -0.4 is 10.6 Å². The molecule has 0 aromatic heterocycles. The Morgan fingerprint density at radius 2 is 2.10 bits per heavy atom. The number of nitrogens with one attached hydrogen (secondary N) is 2.